The first-order valence-electron chi connectivity index (χ1n) is 11.0. The van der Waals surface area contributed by atoms with Gasteiger partial charge < -0.3 is 14.6 Å². The molecule has 172 valence electrons. The Bertz CT molecular complexity index is 1260. The fourth-order valence-corrected chi connectivity index (χ4v) is 4.82. The van der Waals surface area contributed by atoms with E-state index in [9.17, 15) is 14.4 Å². The number of nitrogens with one attached hydrogen (secondary N) is 1. The van der Waals surface area contributed by atoms with Crippen LogP contribution in [0.5, 0.6) is 0 Å². The number of methoxy groups -OCH3 is 1. The van der Waals surface area contributed by atoms with Crippen LogP contribution in [0.25, 0.3) is 10.8 Å². The van der Waals surface area contributed by atoms with Crippen molar-refractivity contribution in [1.82, 2.24) is 14.8 Å². The maximum absolute atomic E-state index is 13.4. The van der Waals surface area contributed by atoms with Gasteiger partial charge in [-0.1, -0.05) is 36.4 Å². The number of ether oxygens (including phenoxy) is 1. The molecule has 0 bridgehead atoms. The summed E-state index contributed by atoms with van der Waals surface area (Å²) in [6, 6.07) is 14.8. The van der Waals surface area contributed by atoms with Crippen LogP contribution in [-0.4, -0.2) is 47.4 Å². The van der Waals surface area contributed by atoms with Crippen LogP contribution in [0.2, 0.25) is 0 Å². The van der Waals surface area contributed by atoms with Gasteiger partial charge in [0.1, 0.15) is 5.54 Å². The van der Waals surface area contributed by atoms with Crippen LogP contribution in [-0.2, 0) is 15.1 Å². The molecular formula is C26H29N3O4. The SMILES string of the molecule is COC[C@@H](C)n1c(C)cc(C(=O)CN2C(=O)N[C@](C)(c3ccc4ccccc4c3)C2=O)c1C. The molecule has 0 saturated carbocycles. The zero-order valence-corrected chi connectivity index (χ0v) is 19.6. The average Bonchev–Trinajstić information content (AvgIpc) is 3.21. The first kappa shape index (κ1) is 22.7. The van der Waals surface area contributed by atoms with Crippen molar-refractivity contribution in [2.24, 2.45) is 0 Å². The van der Waals surface area contributed by atoms with E-state index in [1.165, 1.54) is 0 Å². The number of Topliss-reactive ketones (excluding diaryl/α,β-unsaturated/α-hetero) is 1. The Hall–Kier alpha value is -3.45. The summed E-state index contributed by atoms with van der Waals surface area (Å²) in [5.74, 6) is -0.706. The second-order valence-electron chi connectivity index (χ2n) is 8.89. The number of hydrogen-bond donors (Lipinski definition) is 1. The van der Waals surface area contributed by atoms with Crippen molar-refractivity contribution in [1.29, 1.82) is 0 Å². The summed E-state index contributed by atoms with van der Waals surface area (Å²) in [6.45, 7) is 7.71. The third-order valence-corrected chi connectivity index (χ3v) is 6.54. The van der Waals surface area contributed by atoms with Crippen molar-refractivity contribution < 1.29 is 19.1 Å². The molecule has 7 heteroatoms. The summed E-state index contributed by atoms with van der Waals surface area (Å²) < 4.78 is 7.30. The Balaban J connectivity index is 1.59. The molecule has 1 aromatic heterocycles. The van der Waals surface area contributed by atoms with Crippen LogP contribution in [0.3, 0.4) is 0 Å². The minimum absolute atomic E-state index is 0.0597. The average molecular weight is 448 g/mol. The highest BCUT2D eigenvalue weighted by molar-refractivity contribution is 6.11. The van der Waals surface area contributed by atoms with E-state index >= 15 is 0 Å². The number of carbonyl (C=O) groups is 3. The van der Waals surface area contributed by atoms with E-state index in [1.54, 1.807) is 14.0 Å². The van der Waals surface area contributed by atoms with Crippen LogP contribution in [0, 0.1) is 13.8 Å². The van der Waals surface area contributed by atoms with Gasteiger partial charge in [-0.05, 0) is 56.2 Å². The molecule has 1 saturated heterocycles. The van der Waals surface area contributed by atoms with E-state index in [4.69, 9.17) is 4.74 Å². The summed E-state index contributed by atoms with van der Waals surface area (Å²) in [4.78, 5) is 40.3. The van der Waals surface area contributed by atoms with Crippen molar-refractivity contribution in [2.75, 3.05) is 20.3 Å². The van der Waals surface area contributed by atoms with Gasteiger partial charge in [0.05, 0.1) is 19.2 Å². The number of nitrogens with zero attached hydrogens (tertiary/aromatic N) is 2. The van der Waals surface area contributed by atoms with Gasteiger partial charge in [0.15, 0.2) is 5.78 Å². The molecule has 1 N–H and O–H groups in total. The first-order chi connectivity index (χ1) is 15.7. The number of fused-ring (bicyclic) bond motifs is 1. The Labute approximate surface area is 193 Å². The van der Waals surface area contributed by atoms with Crippen LogP contribution >= 0.6 is 0 Å². The second kappa shape index (κ2) is 8.48. The number of urea groups is 1. The molecule has 0 radical (unpaired) electrons. The molecule has 3 aromatic rings. The molecule has 0 spiro atoms. The smallest absolute Gasteiger partial charge is 0.325 e. The minimum Gasteiger partial charge on any atom is -0.383 e. The number of carbonyl (C=O) groups excluding carboxylic acids is 3. The highest BCUT2D eigenvalue weighted by atomic mass is 16.5. The zero-order chi connectivity index (χ0) is 23.9. The van der Waals surface area contributed by atoms with E-state index in [2.05, 4.69) is 5.32 Å². The number of rotatable bonds is 7. The molecule has 0 unspecified atom stereocenters. The third kappa shape index (κ3) is 3.82. The minimum atomic E-state index is -1.23. The predicted octanol–water partition coefficient (Wildman–Crippen LogP) is 4.12. The third-order valence-electron chi connectivity index (χ3n) is 6.54. The Kier molecular flexibility index (Phi) is 5.84. The first-order valence-corrected chi connectivity index (χ1v) is 11.0. The van der Waals surface area contributed by atoms with Crippen LogP contribution in [0.1, 0.15) is 47.2 Å². The standard InChI is InChI=1S/C26H29N3O4/c1-16-12-22(18(3)29(16)17(2)15-33-5)23(30)14-28-24(31)26(4,27-25(28)32)21-11-10-19-8-6-7-9-20(19)13-21/h6-13,17H,14-15H2,1-5H3,(H,27,32)/t17-,26-/m1/s1. The van der Waals surface area contributed by atoms with Gasteiger partial charge in [-0.2, -0.15) is 0 Å². The number of ketones is 1. The van der Waals surface area contributed by atoms with E-state index < -0.39 is 17.5 Å². The highest BCUT2D eigenvalue weighted by Gasteiger charge is 2.49. The van der Waals surface area contributed by atoms with Crippen molar-refractivity contribution in [3.8, 4) is 0 Å². The second-order valence-corrected chi connectivity index (χ2v) is 8.89. The van der Waals surface area contributed by atoms with Gasteiger partial charge >= 0.3 is 6.03 Å². The maximum atomic E-state index is 13.4. The molecular weight excluding hydrogens is 418 g/mol. The normalized spacial score (nSPS) is 19.2. The lowest BCUT2D eigenvalue weighted by Gasteiger charge is -2.22. The van der Waals surface area contributed by atoms with Crippen LogP contribution in [0.15, 0.2) is 48.5 Å². The number of benzene rings is 2. The van der Waals surface area contributed by atoms with Gasteiger partial charge in [0.25, 0.3) is 5.91 Å². The molecule has 2 atom stereocenters. The van der Waals surface area contributed by atoms with Crippen LogP contribution < -0.4 is 5.32 Å². The number of hydrogen-bond acceptors (Lipinski definition) is 4. The molecule has 2 heterocycles. The fourth-order valence-electron chi connectivity index (χ4n) is 4.82. The van der Waals surface area contributed by atoms with E-state index in [1.807, 2.05) is 73.9 Å². The Morgan fingerprint density at radius 2 is 1.79 bits per heavy atom. The molecule has 1 fully saturated rings. The van der Waals surface area contributed by atoms with Gasteiger partial charge in [-0.25, -0.2) is 4.79 Å². The maximum Gasteiger partial charge on any atom is 0.325 e. The van der Waals surface area contributed by atoms with Crippen molar-refractivity contribution in [3.05, 3.63) is 71.0 Å². The summed E-state index contributed by atoms with van der Waals surface area (Å²) in [7, 11) is 1.64. The lowest BCUT2D eigenvalue weighted by Crippen LogP contribution is -2.41. The Morgan fingerprint density at radius 1 is 1.09 bits per heavy atom. The number of aromatic nitrogens is 1. The number of aryl methyl sites for hydroxylation is 1. The predicted molar refractivity (Wildman–Crippen MR) is 126 cm³/mol. The van der Waals surface area contributed by atoms with Crippen LogP contribution in [0.4, 0.5) is 4.79 Å². The molecule has 1 aliphatic rings. The molecule has 0 aliphatic carbocycles. The van der Waals surface area contributed by atoms with Gasteiger partial charge in [0.2, 0.25) is 0 Å². The largest absolute Gasteiger partial charge is 0.383 e. The highest BCUT2D eigenvalue weighted by Crippen LogP contribution is 2.31. The topological polar surface area (TPSA) is 80.6 Å². The van der Waals surface area contributed by atoms with Gasteiger partial charge in [-0.15, -0.1) is 0 Å². The molecule has 7 nitrogen and oxygen atoms in total. The molecule has 2 aromatic carbocycles. The van der Waals surface area contributed by atoms with Gasteiger partial charge in [0, 0.05) is 24.1 Å². The van der Waals surface area contributed by atoms with E-state index in [0.29, 0.717) is 17.7 Å². The van der Waals surface area contributed by atoms with E-state index in [0.717, 1.165) is 27.1 Å². The monoisotopic (exact) mass is 447 g/mol. The van der Waals surface area contributed by atoms with Gasteiger partial charge in [-0.3, -0.25) is 14.5 Å². The van der Waals surface area contributed by atoms with Crippen molar-refractivity contribution in [2.45, 2.75) is 39.3 Å². The molecule has 3 amide bonds. The summed E-state index contributed by atoms with van der Waals surface area (Å²) in [6.07, 6.45) is 0. The quantitative estimate of drug-likeness (QED) is 0.437. The fraction of sp³-hybridized carbons (Fsp3) is 0.346. The lowest BCUT2D eigenvalue weighted by molar-refractivity contribution is -0.130. The number of amides is 3. The lowest BCUT2D eigenvalue weighted by atomic mass is 9.90. The summed E-state index contributed by atoms with van der Waals surface area (Å²) >= 11 is 0. The van der Waals surface area contributed by atoms with Crippen molar-refractivity contribution >= 4 is 28.5 Å². The zero-order valence-electron chi connectivity index (χ0n) is 19.6. The van der Waals surface area contributed by atoms with Crippen molar-refractivity contribution in [3.63, 3.8) is 0 Å². The molecule has 1 aliphatic heterocycles. The number of imide groups is 1. The Morgan fingerprint density at radius 3 is 2.48 bits per heavy atom. The van der Waals surface area contributed by atoms with E-state index in [-0.39, 0.29) is 18.4 Å². The summed E-state index contributed by atoms with van der Waals surface area (Å²) in [5.41, 5.74) is 1.69. The molecule has 4 rings (SSSR count). The molecule has 33 heavy (non-hydrogen) atoms. The summed E-state index contributed by atoms with van der Waals surface area (Å²) in [5, 5.41) is 4.82.